The molecule has 6 heteroatoms. The van der Waals surface area contributed by atoms with E-state index in [2.05, 4.69) is 0 Å². The first-order valence-electron chi connectivity index (χ1n) is 5.71. The van der Waals surface area contributed by atoms with Crippen molar-refractivity contribution in [2.45, 2.75) is 18.4 Å². The molecule has 2 aromatic rings. The summed E-state index contributed by atoms with van der Waals surface area (Å²) in [5.41, 5.74) is 0.610. The number of benzene rings is 1. The van der Waals surface area contributed by atoms with Gasteiger partial charge in [-0.1, -0.05) is 18.2 Å². The first-order valence-corrected chi connectivity index (χ1v) is 7.96. The molecule has 0 radical (unpaired) electrons. The standard InChI is InChI=1S/C13H15NO3S2/c1-10-13(8-12(9-15)18-10)19(16,17)14(2)11-6-4-3-5-7-11/h3-8,15H,9H2,1-2H3. The fourth-order valence-electron chi connectivity index (χ4n) is 1.78. The number of para-hydroxylation sites is 1. The van der Waals surface area contributed by atoms with Crippen LogP contribution >= 0.6 is 11.3 Å². The van der Waals surface area contributed by atoms with Gasteiger partial charge in [-0.05, 0) is 25.1 Å². The number of nitrogens with zero attached hydrogens (tertiary/aromatic N) is 1. The molecular weight excluding hydrogens is 282 g/mol. The van der Waals surface area contributed by atoms with E-state index < -0.39 is 10.0 Å². The molecule has 0 aliphatic heterocycles. The Morgan fingerprint density at radius 3 is 2.42 bits per heavy atom. The fraction of sp³-hybridized carbons (Fsp3) is 0.231. The molecule has 1 heterocycles. The average Bonchev–Trinajstić information content (AvgIpc) is 2.81. The Hall–Kier alpha value is -1.37. The van der Waals surface area contributed by atoms with Gasteiger partial charge in [0.1, 0.15) is 4.90 Å². The summed E-state index contributed by atoms with van der Waals surface area (Å²) in [7, 11) is -2.05. The maximum absolute atomic E-state index is 12.5. The van der Waals surface area contributed by atoms with Gasteiger partial charge < -0.3 is 5.11 Å². The quantitative estimate of drug-likeness (QED) is 0.942. The largest absolute Gasteiger partial charge is 0.391 e. The van der Waals surface area contributed by atoms with Crippen molar-refractivity contribution in [3.8, 4) is 0 Å². The Morgan fingerprint density at radius 1 is 1.26 bits per heavy atom. The number of hydrogen-bond acceptors (Lipinski definition) is 4. The number of anilines is 1. The minimum absolute atomic E-state index is 0.143. The Balaban J connectivity index is 2.45. The maximum Gasteiger partial charge on any atom is 0.265 e. The third-order valence-electron chi connectivity index (χ3n) is 2.84. The fourth-order valence-corrected chi connectivity index (χ4v) is 4.44. The smallest absolute Gasteiger partial charge is 0.265 e. The highest BCUT2D eigenvalue weighted by Crippen LogP contribution is 2.29. The topological polar surface area (TPSA) is 57.6 Å². The van der Waals surface area contributed by atoms with E-state index in [1.165, 1.54) is 28.8 Å². The first-order chi connectivity index (χ1) is 8.96. The molecule has 0 aliphatic rings. The van der Waals surface area contributed by atoms with Gasteiger partial charge in [-0.3, -0.25) is 4.31 Å². The van der Waals surface area contributed by atoms with E-state index in [1.807, 2.05) is 6.07 Å². The zero-order valence-electron chi connectivity index (χ0n) is 10.7. The summed E-state index contributed by atoms with van der Waals surface area (Å²) in [6.07, 6.45) is 0. The number of aliphatic hydroxyl groups excluding tert-OH is 1. The van der Waals surface area contributed by atoms with Gasteiger partial charge in [0.2, 0.25) is 0 Å². The van der Waals surface area contributed by atoms with E-state index >= 15 is 0 Å². The number of sulfonamides is 1. The second kappa shape index (κ2) is 5.32. The summed E-state index contributed by atoms with van der Waals surface area (Å²) in [6.45, 7) is 1.60. The molecule has 2 rings (SSSR count). The second-order valence-electron chi connectivity index (χ2n) is 4.10. The lowest BCUT2D eigenvalue weighted by Crippen LogP contribution is -2.26. The highest BCUT2D eigenvalue weighted by atomic mass is 32.2. The van der Waals surface area contributed by atoms with Crippen LogP contribution < -0.4 is 4.31 Å². The van der Waals surface area contributed by atoms with Gasteiger partial charge in [0.05, 0.1) is 12.3 Å². The van der Waals surface area contributed by atoms with E-state index in [0.29, 0.717) is 15.4 Å². The number of aliphatic hydroxyl groups is 1. The molecule has 0 spiro atoms. The lowest BCUT2D eigenvalue weighted by molar-refractivity contribution is 0.285. The molecule has 19 heavy (non-hydrogen) atoms. The number of thiophene rings is 1. The van der Waals surface area contributed by atoms with Gasteiger partial charge in [-0.2, -0.15) is 0 Å². The normalized spacial score (nSPS) is 11.5. The average molecular weight is 297 g/mol. The van der Waals surface area contributed by atoms with E-state index in [0.717, 1.165) is 0 Å². The van der Waals surface area contributed by atoms with E-state index in [-0.39, 0.29) is 11.5 Å². The van der Waals surface area contributed by atoms with Crippen molar-refractivity contribution in [3.05, 3.63) is 46.2 Å². The molecule has 1 aromatic carbocycles. The zero-order valence-corrected chi connectivity index (χ0v) is 12.3. The molecule has 0 aliphatic carbocycles. The molecule has 4 nitrogen and oxygen atoms in total. The molecule has 1 N–H and O–H groups in total. The number of aryl methyl sites for hydroxylation is 1. The number of hydrogen-bond donors (Lipinski definition) is 1. The summed E-state index contributed by atoms with van der Waals surface area (Å²) in [5, 5.41) is 9.10. The van der Waals surface area contributed by atoms with Gasteiger partial charge in [0, 0.05) is 16.8 Å². The van der Waals surface area contributed by atoms with Crippen molar-refractivity contribution >= 4 is 27.0 Å². The van der Waals surface area contributed by atoms with Crippen molar-refractivity contribution in [1.29, 1.82) is 0 Å². The Labute approximate surface area is 117 Å². The molecule has 0 saturated heterocycles. The molecule has 0 bridgehead atoms. The highest BCUT2D eigenvalue weighted by Gasteiger charge is 2.25. The second-order valence-corrected chi connectivity index (χ2v) is 7.38. The molecular formula is C13H15NO3S2. The molecule has 0 fully saturated rings. The predicted molar refractivity (Wildman–Crippen MR) is 77.0 cm³/mol. The zero-order chi connectivity index (χ0) is 14.0. The third kappa shape index (κ3) is 2.65. The lowest BCUT2D eigenvalue weighted by atomic mass is 10.3. The van der Waals surface area contributed by atoms with Crippen molar-refractivity contribution < 1.29 is 13.5 Å². The van der Waals surface area contributed by atoms with Crippen LogP contribution in [-0.2, 0) is 16.6 Å². The van der Waals surface area contributed by atoms with Gasteiger partial charge >= 0.3 is 0 Å². The van der Waals surface area contributed by atoms with Crippen molar-refractivity contribution in [2.75, 3.05) is 11.4 Å². The SMILES string of the molecule is Cc1sc(CO)cc1S(=O)(=O)N(C)c1ccccc1. The molecule has 0 saturated carbocycles. The van der Waals surface area contributed by atoms with E-state index in [1.54, 1.807) is 31.2 Å². The van der Waals surface area contributed by atoms with Gasteiger partial charge in [-0.15, -0.1) is 11.3 Å². The molecule has 0 amide bonds. The van der Waals surface area contributed by atoms with Crippen LogP contribution in [0.2, 0.25) is 0 Å². The van der Waals surface area contributed by atoms with E-state index in [9.17, 15) is 8.42 Å². The van der Waals surface area contributed by atoms with Crippen LogP contribution in [0.25, 0.3) is 0 Å². The first kappa shape index (κ1) is 14.0. The summed E-state index contributed by atoms with van der Waals surface area (Å²) in [4.78, 5) is 1.59. The van der Waals surface area contributed by atoms with Crippen molar-refractivity contribution in [2.24, 2.45) is 0 Å². The van der Waals surface area contributed by atoms with Crippen LogP contribution in [0.4, 0.5) is 5.69 Å². The third-order valence-corrected chi connectivity index (χ3v) is 5.91. The van der Waals surface area contributed by atoms with Crippen LogP contribution in [-0.4, -0.2) is 20.6 Å². The predicted octanol–water partition coefficient (Wildman–Crippen LogP) is 2.37. The summed E-state index contributed by atoms with van der Waals surface area (Å²) in [5.74, 6) is 0. The van der Waals surface area contributed by atoms with E-state index in [4.69, 9.17) is 5.11 Å². The van der Waals surface area contributed by atoms with Gasteiger partial charge in [0.15, 0.2) is 0 Å². The minimum Gasteiger partial charge on any atom is -0.391 e. The summed E-state index contributed by atoms with van der Waals surface area (Å²) < 4.78 is 26.3. The Bertz CT molecular complexity index is 662. The van der Waals surface area contributed by atoms with Crippen molar-refractivity contribution in [3.63, 3.8) is 0 Å². The number of rotatable bonds is 4. The lowest BCUT2D eigenvalue weighted by Gasteiger charge is -2.19. The maximum atomic E-state index is 12.5. The van der Waals surface area contributed by atoms with Gasteiger partial charge in [0.25, 0.3) is 10.0 Å². The summed E-state index contributed by atoms with van der Waals surface area (Å²) in [6, 6.07) is 10.4. The van der Waals surface area contributed by atoms with Crippen LogP contribution in [0.1, 0.15) is 9.75 Å². The molecule has 102 valence electrons. The Morgan fingerprint density at radius 2 is 1.89 bits per heavy atom. The van der Waals surface area contributed by atoms with Crippen LogP contribution in [0.15, 0.2) is 41.3 Å². The summed E-state index contributed by atoms with van der Waals surface area (Å²) >= 11 is 1.30. The van der Waals surface area contributed by atoms with Crippen LogP contribution in [0, 0.1) is 6.92 Å². The van der Waals surface area contributed by atoms with Crippen LogP contribution in [0.5, 0.6) is 0 Å². The molecule has 0 unspecified atom stereocenters. The minimum atomic E-state index is -3.58. The molecule has 0 atom stereocenters. The monoisotopic (exact) mass is 297 g/mol. The molecule has 1 aromatic heterocycles. The van der Waals surface area contributed by atoms with Crippen molar-refractivity contribution in [1.82, 2.24) is 0 Å². The Kier molecular flexibility index (Phi) is 3.93. The van der Waals surface area contributed by atoms with Gasteiger partial charge in [-0.25, -0.2) is 8.42 Å². The van der Waals surface area contributed by atoms with Crippen LogP contribution in [0.3, 0.4) is 0 Å². The highest BCUT2D eigenvalue weighted by molar-refractivity contribution is 7.93.